The topological polar surface area (TPSA) is 49.8 Å². The average molecular weight is 277 g/mol. The molecule has 1 N–H and O–H groups in total. The van der Waals surface area contributed by atoms with Gasteiger partial charge in [-0.15, -0.1) is 0 Å². The van der Waals surface area contributed by atoms with Gasteiger partial charge in [-0.1, -0.05) is 43.2 Å². The summed E-state index contributed by atoms with van der Waals surface area (Å²) >= 11 is 0. The number of amides is 1. The Bertz CT molecular complexity index is 415. The largest absolute Gasteiger partial charge is 0.395 e. The molecule has 1 amide bonds. The average Bonchev–Trinajstić information content (AvgIpc) is 3.00. The molecule has 0 spiro atoms. The molecule has 0 heterocycles. The highest BCUT2D eigenvalue weighted by Gasteiger charge is 2.31. The molecule has 1 aromatic rings. The molecule has 0 bridgehead atoms. The number of nitrogens with zero attached hydrogens (tertiary/aromatic N) is 1. The first-order chi connectivity index (χ1) is 9.77. The molecule has 1 unspecified atom stereocenters. The zero-order chi connectivity index (χ0) is 14.4. The van der Waals surface area contributed by atoms with Gasteiger partial charge in [0.25, 0.3) is 5.91 Å². The molecule has 0 aromatic heterocycles. The van der Waals surface area contributed by atoms with Crippen molar-refractivity contribution >= 4 is 5.91 Å². The molecule has 1 aromatic carbocycles. The highest BCUT2D eigenvalue weighted by Crippen LogP contribution is 2.27. The third kappa shape index (κ3) is 3.38. The van der Waals surface area contributed by atoms with Gasteiger partial charge in [0.05, 0.1) is 6.61 Å². The smallest absolute Gasteiger partial charge is 0.256 e. The van der Waals surface area contributed by atoms with Crippen LogP contribution in [0.2, 0.25) is 0 Å². The molecular formula is C16H23NO3. The molecule has 0 saturated heterocycles. The normalized spacial score (nSPS) is 17.1. The summed E-state index contributed by atoms with van der Waals surface area (Å²) in [6.07, 6.45) is 3.78. The number of hydrogen-bond acceptors (Lipinski definition) is 3. The summed E-state index contributed by atoms with van der Waals surface area (Å²) in [5.41, 5.74) is 0.862. The zero-order valence-corrected chi connectivity index (χ0v) is 12.0. The van der Waals surface area contributed by atoms with Crippen LogP contribution in [-0.4, -0.2) is 42.2 Å². The second kappa shape index (κ2) is 7.41. The van der Waals surface area contributed by atoms with E-state index in [0.29, 0.717) is 6.54 Å². The quantitative estimate of drug-likeness (QED) is 0.866. The van der Waals surface area contributed by atoms with E-state index in [0.717, 1.165) is 31.2 Å². The maximum Gasteiger partial charge on any atom is 0.256 e. The fourth-order valence-corrected chi connectivity index (χ4v) is 2.95. The third-order valence-corrected chi connectivity index (χ3v) is 3.95. The number of hydrogen-bond donors (Lipinski definition) is 1. The SMILES string of the molecule is COC(C(=O)N(CCO)C1CCCC1)c1ccccc1. The van der Waals surface area contributed by atoms with Crippen LogP contribution in [0.15, 0.2) is 30.3 Å². The van der Waals surface area contributed by atoms with Crippen molar-refractivity contribution in [3.8, 4) is 0 Å². The summed E-state index contributed by atoms with van der Waals surface area (Å²) in [5.74, 6) is -0.0420. The number of carbonyl (C=O) groups excluding carboxylic acids is 1. The van der Waals surface area contributed by atoms with E-state index in [-0.39, 0.29) is 18.6 Å². The molecule has 0 aliphatic heterocycles. The molecule has 2 rings (SSSR count). The number of benzene rings is 1. The van der Waals surface area contributed by atoms with E-state index in [4.69, 9.17) is 4.74 Å². The van der Waals surface area contributed by atoms with Crippen LogP contribution in [0.1, 0.15) is 37.4 Å². The molecule has 4 nitrogen and oxygen atoms in total. The van der Waals surface area contributed by atoms with Gasteiger partial charge in [0.15, 0.2) is 6.10 Å². The number of aliphatic hydroxyl groups is 1. The summed E-state index contributed by atoms with van der Waals surface area (Å²) in [7, 11) is 1.56. The van der Waals surface area contributed by atoms with Crippen LogP contribution >= 0.6 is 0 Å². The number of methoxy groups -OCH3 is 1. The van der Waals surface area contributed by atoms with Crippen LogP contribution in [0, 0.1) is 0 Å². The van der Waals surface area contributed by atoms with Crippen molar-refractivity contribution < 1.29 is 14.6 Å². The monoisotopic (exact) mass is 277 g/mol. The fourth-order valence-electron chi connectivity index (χ4n) is 2.95. The lowest BCUT2D eigenvalue weighted by molar-refractivity contribution is -0.145. The van der Waals surface area contributed by atoms with Crippen LogP contribution in [-0.2, 0) is 9.53 Å². The van der Waals surface area contributed by atoms with E-state index in [1.54, 1.807) is 12.0 Å². The lowest BCUT2D eigenvalue weighted by Gasteiger charge is -2.31. The van der Waals surface area contributed by atoms with E-state index < -0.39 is 6.10 Å². The van der Waals surface area contributed by atoms with Crippen LogP contribution in [0.4, 0.5) is 0 Å². The Labute approximate surface area is 120 Å². The van der Waals surface area contributed by atoms with Gasteiger partial charge in [-0.2, -0.15) is 0 Å². The van der Waals surface area contributed by atoms with E-state index in [2.05, 4.69) is 0 Å². The lowest BCUT2D eigenvalue weighted by Crippen LogP contribution is -2.43. The number of ether oxygens (including phenoxy) is 1. The van der Waals surface area contributed by atoms with Gasteiger partial charge in [-0.3, -0.25) is 4.79 Å². The van der Waals surface area contributed by atoms with Crippen molar-refractivity contribution in [1.82, 2.24) is 4.90 Å². The molecule has 0 radical (unpaired) electrons. The molecular weight excluding hydrogens is 254 g/mol. The molecule has 4 heteroatoms. The van der Waals surface area contributed by atoms with E-state index in [9.17, 15) is 9.90 Å². The van der Waals surface area contributed by atoms with Gasteiger partial charge in [-0.05, 0) is 18.4 Å². The Balaban J connectivity index is 2.16. The Morgan fingerprint density at radius 2 is 2.00 bits per heavy atom. The van der Waals surface area contributed by atoms with Gasteiger partial charge < -0.3 is 14.7 Å². The lowest BCUT2D eigenvalue weighted by atomic mass is 10.1. The molecule has 20 heavy (non-hydrogen) atoms. The maximum atomic E-state index is 12.7. The van der Waals surface area contributed by atoms with Crippen molar-refractivity contribution in [1.29, 1.82) is 0 Å². The Morgan fingerprint density at radius 3 is 2.55 bits per heavy atom. The second-order valence-corrected chi connectivity index (χ2v) is 5.22. The molecule has 1 atom stereocenters. The predicted octanol–water partition coefficient (Wildman–Crippen LogP) is 2.14. The van der Waals surface area contributed by atoms with Crippen LogP contribution in [0.3, 0.4) is 0 Å². The van der Waals surface area contributed by atoms with Crippen molar-refractivity contribution in [3.63, 3.8) is 0 Å². The molecule has 1 saturated carbocycles. The minimum Gasteiger partial charge on any atom is -0.395 e. The highest BCUT2D eigenvalue weighted by atomic mass is 16.5. The Kier molecular flexibility index (Phi) is 5.56. The van der Waals surface area contributed by atoms with Gasteiger partial charge >= 0.3 is 0 Å². The van der Waals surface area contributed by atoms with Crippen molar-refractivity contribution in [2.75, 3.05) is 20.3 Å². The zero-order valence-electron chi connectivity index (χ0n) is 12.0. The van der Waals surface area contributed by atoms with E-state index >= 15 is 0 Å². The summed E-state index contributed by atoms with van der Waals surface area (Å²) < 4.78 is 5.41. The molecule has 110 valence electrons. The summed E-state index contributed by atoms with van der Waals surface area (Å²) in [6, 6.07) is 9.77. The summed E-state index contributed by atoms with van der Waals surface area (Å²) in [5, 5.41) is 9.24. The van der Waals surface area contributed by atoms with Gasteiger partial charge in [0.2, 0.25) is 0 Å². The first-order valence-corrected chi connectivity index (χ1v) is 7.27. The maximum absolute atomic E-state index is 12.7. The Morgan fingerprint density at radius 1 is 1.35 bits per heavy atom. The second-order valence-electron chi connectivity index (χ2n) is 5.22. The van der Waals surface area contributed by atoms with Crippen molar-refractivity contribution in [2.24, 2.45) is 0 Å². The van der Waals surface area contributed by atoms with Crippen LogP contribution in [0.5, 0.6) is 0 Å². The summed E-state index contributed by atoms with van der Waals surface area (Å²) in [4.78, 5) is 14.5. The molecule has 1 fully saturated rings. The van der Waals surface area contributed by atoms with Gasteiger partial charge in [-0.25, -0.2) is 0 Å². The van der Waals surface area contributed by atoms with E-state index in [1.165, 1.54) is 0 Å². The Hall–Kier alpha value is -1.39. The van der Waals surface area contributed by atoms with Crippen LogP contribution < -0.4 is 0 Å². The number of rotatable bonds is 6. The first kappa shape index (κ1) is 15.0. The van der Waals surface area contributed by atoms with E-state index in [1.807, 2.05) is 30.3 Å². The minimum atomic E-state index is -0.580. The van der Waals surface area contributed by atoms with Crippen molar-refractivity contribution in [3.05, 3.63) is 35.9 Å². The molecule has 1 aliphatic carbocycles. The number of carbonyl (C=O) groups is 1. The first-order valence-electron chi connectivity index (χ1n) is 7.27. The standard InChI is InChI=1S/C16H23NO3/c1-20-15(13-7-3-2-4-8-13)16(19)17(11-12-18)14-9-5-6-10-14/h2-4,7-8,14-15,18H,5-6,9-12H2,1H3. The van der Waals surface area contributed by atoms with Gasteiger partial charge in [0, 0.05) is 19.7 Å². The van der Waals surface area contributed by atoms with Crippen LogP contribution in [0.25, 0.3) is 0 Å². The van der Waals surface area contributed by atoms with Gasteiger partial charge in [0.1, 0.15) is 0 Å². The molecule has 1 aliphatic rings. The highest BCUT2D eigenvalue weighted by molar-refractivity contribution is 5.82. The third-order valence-electron chi connectivity index (χ3n) is 3.95. The fraction of sp³-hybridized carbons (Fsp3) is 0.562. The minimum absolute atomic E-state index is 0.00648. The predicted molar refractivity (Wildman–Crippen MR) is 77.2 cm³/mol. The van der Waals surface area contributed by atoms with Crippen molar-refractivity contribution in [2.45, 2.75) is 37.8 Å². The number of aliphatic hydroxyl groups excluding tert-OH is 1. The summed E-state index contributed by atoms with van der Waals surface area (Å²) in [6.45, 7) is 0.379.